The molecule has 0 amide bonds. The SMILES string of the molecule is CCNC(CN)c1ccc(Br)o1. The maximum atomic E-state index is 5.56. The monoisotopic (exact) mass is 232 g/mol. The summed E-state index contributed by atoms with van der Waals surface area (Å²) in [6.07, 6.45) is 0. The van der Waals surface area contributed by atoms with Gasteiger partial charge in [0, 0.05) is 6.54 Å². The summed E-state index contributed by atoms with van der Waals surface area (Å²) in [6, 6.07) is 3.92. The minimum Gasteiger partial charge on any atom is -0.453 e. The highest BCUT2D eigenvalue weighted by Gasteiger charge is 2.11. The first-order valence-corrected chi connectivity index (χ1v) is 4.76. The van der Waals surface area contributed by atoms with Crippen LogP contribution >= 0.6 is 15.9 Å². The van der Waals surface area contributed by atoms with Gasteiger partial charge in [-0.05, 0) is 34.6 Å². The maximum absolute atomic E-state index is 5.56. The molecule has 0 radical (unpaired) electrons. The molecule has 1 unspecified atom stereocenters. The Morgan fingerprint density at radius 1 is 1.67 bits per heavy atom. The van der Waals surface area contributed by atoms with E-state index in [1.54, 1.807) is 0 Å². The molecule has 1 heterocycles. The predicted octanol–water partition coefficient (Wildman–Crippen LogP) is 1.65. The van der Waals surface area contributed by atoms with E-state index >= 15 is 0 Å². The molecule has 68 valence electrons. The van der Waals surface area contributed by atoms with Crippen LogP contribution in [0.25, 0.3) is 0 Å². The lowest BCUT2D eigenvalue weighted by Crippen LogP contribution is -2.27. The molecule has 0 bridgehead atoms. The molecule has 1 atom stereocenters. The van der Waals surface area contributed by atoms with Crippen molar-refractivity contribution in [2.24, 2.45) is 5.73 Å². The van der Waals surface area contributed by atoms with E-state index in [4.69, 9.17) is 10.2 Å². The molecule has 12 heavy (non-hydrogen) atoms. The molecule has 0 aliphatic heterocycles. The Morgan fingerprint density at radius 2 is 2.42 bits per heavy atom. The lowest BCUT2D eigenvalue weighted by atomic mass is 10.2. The van der Waals surface area contributed by atoms with E-state index in [-0.39, 0.29) is 6.04 Å². The van der Waals surface area contributed by atoms with E-state index in [9.17, 15) is 0 Å². The van der Waals surface area contributed by atoms with Gasteiger partial charge in [0.25, 0.3) is 0 Å². The minimum atomic E-state index is 0.126. The summed E-state index contributed by atoms with van der Waals surface area (Å²) < 4.78 is 6.11. The summed E-state index contributed by atoms with van der Waals surface area (Å²) >= 11 is 3.25. The average Bonchev–Trinajstić information content (AvgIpc) is 2.47. The third-order valence-electron chi connectivity index (χ3n) is 1.62. The number of hydrogen-bond donors (Lipinski definition) is 2. The van der Waals surface area contributed by atoms with Crippen molar-refractivity contribution < 1.29 is 4.42 Å². The van der Waals surface area contributed by atoms with Gasteiger partial charge in [0.2, 0.25) is 0 Å². The topological polar surface area (TPSA) is 51.2 Å². The number of nitrogens with two attached hydrogens (primary N) is 1. The fourth-order valence-corrected chi connectivity index (χ4v) is 1.38. The fourth-order valence-electron chi connectivity index (χ4n) is 1.06. The van der Waals surface area contributed by atoms with Crippen LogP contribution in [0.5, 0.6) is 0 Å². The molecule has 1 aromatic heterocycles. The number of hydrogen-bond acceptors (Lipinski definition) is 3. The number of nitrogens with one attached hydrogen (secondary N) is 1. The van der Waals surface area contributed by atoms with Crippen molar-refractivity contribution in [3.8, 4) is 0 Å². The van der Waals surface area contributed by atoms with Gasteiger partial charge in [-0.3, -0.25) is 0 Å². The first-order chi connectivity index (χ1) is 5.77. The highest BCUT2D eigenvalue weighted by molar-refractivity contribution is 9.10. The van der Waals surface area contributed by atoms with Crippen molar-refractivity contribution in [1.82, 2.24) is 5.32 Å². The van der Waals surface area contributed by atoms with Crippen LogP contribution < -0.4 is 11.1 Å². The van der Waals surface area contributed by atoms with E-state index in [2.05, 4.69) is 21.2 Å². The van der Waals surface area contributed by atoms with Crippen LogP contribution in [0.15, 0.2) is 21.2 Å². The Labute approximate surface area is 80.4 Å². The summed E-state index contributed by atoms with van der Waals surface area (Å²) in [7, 11) is 0. The van der Waals surface area contributed by atoms with Gasteiger partial charge in [0.05, 0.1) is 6.04 Å². The fraction of sp³-hybridized carbons (Fsp3) is 0.500. The molecule has 3 N–H and O–H groups in total. The molecule has 0 aliphatic rings. The zero-order valence-corrected chi connectivity index (χ0v) is 8.60. The van der Waals surface area contributed by atoms with Gasteiger partial charge in [-0.1, -0.05) is 6.92 Å². The van der Waals surface area contributed by atoms with Gasteiger partial charge in [-0.25, -0.2) is 0 Å². The van der Waals surface area contributed by atoms with Crippen LogP contribution in [-0.2, 0) is 0 Å². The van der Waals surface area contributed by atoms with Crippen LogP contribution in [0.2, 0.25) is 0 Å². The number of likely N-dealkylation sites (N-methyl/N-ethyl adjacent to an activating group) is 1. The third kappa shape index (κ3) is 2.33. The Morgan fingerprint density at radius 3 is 2.83 bits per heavy atom. The lowest BCUT2D eigenvalue weighted by molar-refractivity contribution is 0.411. The van der Waals surface area contributed by atoms with E-state index in [1.165, 1.54) is 0 Å². The van der Waals surface area contributed by atoms with Gasteiger partial charge < -0.3 is 15.5 Å². The van der Waals surface area contributed by atoms with Crippen LogP contribution in [0.3, 0.4) is 0 Å². The van der Waals surface area contributed by atoms with Crippen molar-refractivity contribution in [2.45, 2.75) is 13.0 Å². The Kier molecular flexibility index (Phi) is 3.78. The molecule has 1 rings (SSSR count). The van der Waals surface area contributed by atoms with Crippen molar-refractivity contribution >= 4 is 15.9 Å². The lowest BCUT2D eigenvalue weighted by Gasteiger charge is -2.11. The molecular formula is C8H13BrN2O. The van der Waals surface area contributed by atoms with Crippen molar-refractivity contribution in [2.75, 3.05) is 13.1 Å². The number of halogens is 1. The van der Waals surface area contributed by atoms with Gasteiger partial charge in [0.1, 0.15) is 5.76 Å². The zero-order valence-electron chi connectivity index (χ0n) is 7.01. The van der Waals surface area contributed by atoms with Crippen molar-refractivity contribution in [3.05, 3.63) is 22.6 Å². The second-order valence-corrected chi connectivity index (χ2v) is 3.27. The normalized spacial score (nSPS) is 13.2. The van der Waals surface area contributed by atoms with E-state index in [1.807, 2.05) is 19.1 Å². The first-order valence-electron chi connectivity index (χ1n) is 3.96. The smallest absolute Gasteiger partial charge is 0.169 e. The van der Waals surface area contributed by atoms with E-state index in [0.29, 0.717) is 6.54 Å². The van der Waals surface area contributed by atoms with Crippen molar-refractivity contribution in [1.29, 1.82) is 0 Å². The predicted molar refractivity (Wildman–Crippen MR) is 51.9 cm³/mol. The summed E-state index contributed by atoms with van der Waals surface area (Å²) in [5.41, 5.74) is 5.56. The minimum absolute atomic E-state index is 0.126. The van der Waals surface area contributed by atoms with E-state index in [0.717, 1.165) is 17.0 Å². The number of rotatable bonds is 4. The Balaban J connectivity index is 2.66. The van der Waals surface area contributed by atoms with Crippen LogP contribution in [0, 0.1) is 0 Å². The summed E-state index contributed by atoms with van der Waals surface area (Å²) in [5.74, 6) is 0.881. The highest BCUT2D eigenvalue weighted by atomic mass is 79.9. The van der Waals surface area contributed by atoms with Crippen molar-refractivity contribution in [3.63, 3.8) is 0 Å². The van der Waals surface area contributed by atoms with Crippen LogP contribution in [0.1, 0.15) is 18.7 Å². The molecule has 3 nitrogen and oxygen atoms in total. The van der Waals surface area contributed by atoms with E-state index < -0.39 is 0 Å². The van der Waals surface area contributed by atoms with Crippen LogP contribution in [0.4, 0.5) is 0 Å². The highest BCUT2D eigenvalue weighted by Crippen LogP contribution is 2.19. The summed E-state index contributed by atoms with van der Waals surface area (Å²) in [6.45, 7) is 3.48. The maximum Gasteiger partial charge on any atom is 0.169 e. The molecular weight excluding hydrogens is 220 g/mol. The standard InChI is InChI=1S/C8H13BrN2O/c1-2-11-6(5-10)7-3-4-8(9)12-7/h3-4,6,11H,2,5,10H2,1H3. The molecule has 1 aromatic rings. The largest absolute Gasteiger partial charge is 0.453 e. The van der Waals surface area contributed by atoms with Gasteiger partial charge >= 0.3 is 0 Å². The van der Waals surface area contributed by atoms with Crippen LogP contribution in [-0.4, -0.2) is 13.1 Å². The molecule has 0 saturated heterocycles. The number of furan rings is 1. The summed E-state index contributed by atoms with van der Waals surface area (Å²) in [4.78, 5) is 0. The molecule has 0 saturated carbocycles. The summed E-state index contributed by atoms with van der Waals surface area (Å²) in [5, 5.41) is 3.22. The van der Waals surface area contributed by atoms with Gasteiger partial charge in [-0.2, -0.15) is 0 Å². The quantitative estimate of drug-likeness (QED) is 0.831. The molecule has 0 aromatic carbocycles. The average molecular weight is 233 g/mol. The van der Waals surface area contributed by atoms with Gasteiger partial charge in [-0.15, -0.1) is 0 Å². The third-order valence-corrected chi connectivity index (χ3v) is 2.05. The molecule has 0 aliphatic carbocycles. The Hall–Kier alpha value is -0.320. The van der Waals surface area contributed by atoms with Gasteiger partial charge in [0.15, 0.2) is 4.67 Å². The zero-order chi connectivity index (χ0) is 8.97. The molecule has 0 spiro atoms. The molecule has 0 fully saturated rings. The molecule has 4 heteroatoms. The second kappa shape index (κ2) is 4.64. The first kappa shape index (κ1) is 9.77. The Bertz CT molecular complexity index is 237. The second-order valence-electron chi connectivity index (χ2n) is 2.49.